The maximum atomic E-state index is 11.9. The normalized spacial score (nSPS) is 24.4. The molecule has 25 heavy (non-hydrogen) atoms. The van der Waals surface area contributed by atoms with Crippen molar-refractivity contribution in [3.63, 3.8) is 0 Å². The summed E-state index contributed by atoms with van der Waals surface area (Å²) in [5, 5.41) is 22.3. The first-order valence-electron chi connectivity index (χ1n) is 8.54. The van der Waals surface area contributed by atoms with E-state index in [0.717, 1.165) is 20.0 Å². The number of rotatable bonds is 5. The van der Waals surface area contributed by atoms with Crippen molar-refractivity contribution in [2.45, 2.75) is 45.3 Å². The van der Waals surface area contributed by atoms with Crippen LogP contribution in [0.15, 0.2) is 36.4 Å². The van der Waals surface area contributed by atoms with E-state index in [0.29, 0.717) is 19.3 Å². The molecule has 0 aliphatic heterocycles. The third-order valence-corrected chi connectivity index (χ3v) is 6.91. The van der Waals surface area contributed by atoms with Gasteiger partial charge < -0.3 is 10.2 Å². The van der Waals surface area contributed by atoms with Crippen LogP contribution in [0.3, 0.4) is 0 Å². The number of halogens is 1. The zero-order valence-corrected chi connectivity index (χ0v) is 16.0. The second-order valence-corrected chi connectivity index (χ2v) is 8.80. The van der Waals surface area contributed by atoms with Crippen LogP contribution >= 0.6 is 22.9 Å². The molecule has 0 bridgehead atoms. The van der Waals surface area contributed by atoms with E-state index >= 15 is 0 Å². The van der Waals surface area contributed by atoms with E-state index in [4.69, 9.17) is 11.6 Å². The van der Waals surface area contributed by atoms with Crippen LogP contribution in [0.1, 0.15) is 31.6 Å². The number of fused-ring (bicyclic) bond motifs is 1. The molecule has 1 aliphatic carbocycles. The molecule has 5 heteroatoms. The standard InChI is InChI=1S/C20H23ClO3S/c1-20(2)17(23)11-12(19(20)24)7-8-13(22)9-10-16-18(21)14-5-3-4-6-15(14)25-16/h3-8,12-13,19,22,24H,9-11H2,1-2H3/b8-7+/t12-,13+,19+/m1/s1. The molecule has 1 aromatic heterocycles. The maximum Gasteiger partial charge on any atom is 0.141 e. The monoisotopic (exact) mass is 378 g/mol. The van der Waals surface area contributed by atoms with Crippen LogP contribution < -0.4 is 0 Å². The SMILES string of the molecule is CC1(C)C(=O)C[C@@H](/C=C/[C@H](O)CCc2sc3ccccc3c2Cl)[C@@H]1O. The Morgan fingerprint density at radius 2 is 2.12 bits per heavy atom. The molecule has 0 unspecified atom stereocenters. The van der Waals surface area contributed by atoms with Gasteiger partial charge in [0.15, 0.2) is 0 Å². The molecule has 0 radical (unpaired) electrons. The summed E-state index contributed by atoms with van der Waals surface area (Å²) in [5.74, 6) is -0.147. The quantitative estimate of drug-likeness (QED) is 0.759. The second-order valence-electron chi connectivity index (χ2n) is 7.28. The van der Waals surface area contributed by atoms with Gasteiger partial charge in [-0.25, -0.2) is 0 Å². The van der Waals surface area contributed by atoms with Crippen LogP contribution in [0.4, 0.5) is 0 Å². The number of carbonyl (C=O) groups excluding carboxylic acids is 1. The van der Waals surface area contributed by atoms with Gasteiger partial charge in [-0.2, -0.15) is 0 Å². The molecule has 3 atom stereocenters. The first kappa shape index (κ1) is 18.6. The average Bonchev–Trinajstić information content (AvgIpc) is 3.01. The molecule has 2 N–H and O–H groups in total. The van der Waals surface area contributed by atoms with Gasteiger partial charge in [0.05, 0.1) is 17.2 Å². The third kappa shape index (κ3) is 3.68. The second kappa shape index (κ2) is 7.20. The number of hydrogen-bond acceptors (Lipinski definition) is 4. The lowest BCUT2D eigenvalue weighted by Gasteiger charge is -2.22. The Kier molecular flexibility index (Phi) is 5.35. The molecule has 0 saturated heterocycles. The Labute approximate surface area is 156 Å². The zero-order valence-electron chi connectivity index (χ0n) is 14.4. The largest absolute Gasteiger partial charge is 0.391 e. The number of benzene rings is 1. The molecule has 1 aliphatic rings. The van der Waals surface area contributed by atoms with Crippen LogP contribution in [0.2, 0.25) is 5.02 Å². The van der Waals surface area contributed by atoms with E-state index in [-0.39, 0.29) is 11.7 Å². The highest BCUT2D eigenvalue weighted by atomic mass is 35.5. The molecule has 134 valence electrons. The Morgan fingerprint density at radius 3 is 2.76 bits per heavy atom. The summed E-state index contributed by atoms with van der Waals surface area (Å²) in [6.07, 6.45) is 3.76. The molecule has 1 aromatic carbocycles. The predicted octanol–water partition coefficient (Wildman–Crippen LogP) is 4.38. The van der Waals surface area contributed by atoms with E-state index in [1.807, 2.05) is 24.3 Å². The molecular weight excluding hydrogens is 356 g/mol. The van der Waals surface area contributed by atoms with E-state index in [2.05, 4.69) is 0 Å². The Hall–Kier alpha value is -1.20. The van der Waals surface area contributed by atoms with E-state index < -0.39 is 17.6 Å². The fourth-order valence-electron chi connectivity index (χ4n) is 3.33. The van der Waals surface area contributed by atoms with Crippen LogP contribution in [-0.4, -0.2) is 28.2 Å². The van der Waals surface area contributed by atoms with Crippen molar-refractivity contribution in [3.05, 3.63) is 46.3 Å². The Bertz CT molecular complexity index is 808. The fraction of sp³-hybridized carbons (Fsp3) is 0.450. The molecule has 1 heterocycles. The van der Waals surface area contributed by atoms with Crippen molar-refractivity contribution in [1.82, 2.24) is 0 Å². The van der Waals surface area contributed by atoms with Gasteiger partial charge in [0.25, 0.3) is 0 Å². The average molecular weight is 379 g/mol. The molecule has 0 amide bonds. The molecule has 0 spiro atoms. The van der Waals surface area contributed by atoms with Crippen LogP contribution in [0.25, 0.3) is 10.1 Å². The number of Topliss-reactive ketones (excluding diaryl/α,β-unsaturated/α-hetero) is 1. The number of aliphatic hydroxyl groups is 2. The van der Waals surface area contributed by atoms with Gasteiger partial charge >= 0.3 is 0 Å². The summed E-state index contributed by atoms with van der Waals surface area (Å²) in [4.78, 5) is 13.0. The van der Waals surface area contributed by atoms with Crippen molar-refractivity contribution in [2.75, 3.05) is 0 Å². The van der Waals surface area contributed by atoms with Gasteiger partial charge in [-0.05, 0) is 18.9 Å². The van der Waals surface area contributed by atoms with Crippen molar-refractivity contribution < 1.29 is 15.0 Å². The lowest BCUT2D eigenvalue weighted by Crippen LogP contribution is -2.31. The number of thiophene rings is 1. The maximum absolute atomic E-state index is 11.9. The highest BCUT2D eigenvalue weighted by molar-refractivity contribution is 7.19. The van der Waals surface area contributed by atoms with Crippen LogP contribution in [0, 0.1) is 11.3 Å². The van der Waals surface area contributed by atoms with Gasteiger partial charge in [0.2, 0.25) is 0 Å². The lowest BCUT2D eigenvalue weighted by molar-refractivity contribution is -0.126. The lowest BCUT2D eigenvalue weighted by atomic mass is 9.86. The van der Waals surface area contributed by atoms with Crippen molar-refractivity contribution >= 4 is 38.8 Å². The van der Waals surface area contributed by atoms with Crippen molar-refractivity contribution in [2.24, 2.45) is 11.3 Å². The number of carbonyl (C=O) groups is 1. The van der Waals surface area contributed by atoms with Gasteiger partial charge in [-0.1, -0.05) is 55.8 Å². The molecule has 1 saturated carbocycles. The topological polar surface area (TPSA) is 57.5 Å². The van der Waals surface area contributed by atoms with Crippen molar-refractivity contribution in [1.29, 1.82) is 0 Å². The van der Waals surface area contributed by atoms with Crippen LogP contribution in [0.5, 0.6) is 0 Å². The smallest absolute Gasteiger partial charge is 0.141 e. The van der Waals surface area contributed by atoms with Gasteiger partial charge in [-0.3, -0.25) is 4.79 Å². The number of ketones is 1. The Balaban J connectivity index is 1.60. The zero-order chi connectivity index (χ0) is 18.2. The molecule has 3 nitrogen and oxygen atoms in total. The van der Waals surface area contributed by atoms with Gasteiger partial charge in [0, 0.05) is 32.7 Å². The minimum atomic E-state index is -0.704. The summed E-state index contributed by atoms with van der Waals surface area (Å²) < 4.78 is 1.15. The highest BCUT2D eigenvalue weighted by Gasteiger charge is 2.46. The van der Waals surface area contributed by atoms with Crippen LogP contribution in [-0.2, 0) is 11.2 Å². The van der Waals surface area contributed by atoms with E-state index in [1.165, 1.54) is 0 Å². The summed E-state index contributed by atoms with van der Waals surface area (Å²) in [7, 11) is 0. The molecule has 3 rings (SSSR count). The third-order valence-electron chi connectivity index (χ3n) is 5.13. The first-order chi connectivity index (χ1) is 11.8. The Morgan fingerprint density at radius 1 is 1.40 bits per heavy atom. The van der Waals surface area contributed by atoms with Gasteiger partial charge in [-0.15, -0.1) is 11.3 Å². The minimum absolute atomic E-state index is 0.0706. The van der Waals surface area contributed by atoms with E-state index in [1.54, 1.807) is 37.3 Å². The molecule has 1 fully saturated rings. The number of aryl methyl sites for hydroxylation is 1. The fourth-order valence-corrected chi connectivity index (χ4v) is 4.88. The highest BCUT2D eigenvalue weighted by Crippen LogP contribution is 2.39. The first-order valence-corrected chi connectivity index (χ1v) is 9.74. The van der Waals surface area contributed by atoms with Crippen molar-refractivity contribution in [3.8, 4) is 0 Å². The van der Waals surface area contributed by atoms with Gasteiger partial charge in [0.1, 0.15) is 5.78 Å². The predicted molar refractivity (Wildman–Crippen MR) is 103 cm³/mol. The molecule has 2 aromatic rings. The molecular formula is C20H23ClO3S. The van der Waals surface area contributed by atoms with E-state index in [9.17, 15) is 15.0 Å². The summed E-state index contributed by atoms with van der Waals surface area (Å²) in [6, 6.07) is 8.02. The minimum Gasteiger partial charge on any atom is -0.391 e. The summed E-state index contributed by atoms with van der Waals surface area (Å²) >= 11 is 8.09. The summed E-state index contributed by atoms with van der Waals surface area (Å²) in [6.45, 7) is 3.54. The summed E-state index contributed by atoms with van der Waals surface area (Å²) in [5.41, 5.74) is -0.704. The number of hydrogen-bond donors (Lipinski definition) is 2. The number of aliphatic hydroxyl groups excluding tert-OH is 2.